The van der Waals surface area contributed by atoms with E-state index < -0.39 is 0 Å². The Morgan fingerprint density at radius 1 is 1.25 bits per heavy atom. The fraction of sp³-hybridized carbons (Fsp3) is 0.474. The predicted molar refractivity (Wildman–Crippen MR) is 94.7 cm³/mol. The van der Waals surface area contributed by atoms with Gasteiger partial charge < -0.3 is 14.2 Å². The molecular weight excluding hydrogens is 306 g/mol. The van der Waals surface area contributed by atoms with Crippen LogP contribution in [0.4, 0.5) is 0 Å². The number of carbonyl (C=O) groups excluding carboxylic acids is 1. The first-order valence-electron chi connectivity index (χ1n) is 8.21. The van der Waals surface area contributed by atoms with Crippen molar-refractivity contribution in [3.05, 3.63) is 35.4 Å². The molecule has 0 aromatic heterocycles. The van der Waals surface area contributed by atoms with E-state index in [4.69, 9.17) is 14.2 Å². The minimum Gasteiger partial charge on any atom is -0.497 e. The number of carbonyl (C=O) groups is 1. The Morgan fingerprint density at radius 3 is 2.79 bits per heavy atom. The summed E-state index contributed by atoms with van der Waals surface area (Å²) in [6.45, 7) is 0. The molecule has 1 aromatic carbocycles. The van der Waals surface area contributed by atoms with E-state index in [-0.39, 0.29) is 12.0 Å². The summed E-state index contributed by atoms with van der Waals surface area (Å²) in [7, 11) is 4.63. The highest BCUT2D eigenvalue weighted by molar-refractivity contribution is 5.94. The maximum Gasteiger partial charge on any atom is 0.338 e. The molecular formula is C19H25NO4. The molecule has 0 saturated heterocycles. The number of rotatable bonds is 5. The van der Waals surface area contributed by atoms with Gasteiger partial charge in [-0.25, -0.2) is 4.79 Å². The molecule has 1 aromatic rings. The van der Waals surface area contributed by atoms with Gasteiger partial charge in [-0.3, -0.25) is 4.99 Å². The van der Waals surface area contributed by atoms with Crippen LogP contribution in [0.3, 0.4) is 0 Å². The van der Waals surface area contributed by atoms with Crippen LogP contribution in [-0.2, 0) is 9.47 Å². The molecule has 0 saturated carbocycles. The van der Waals surface area contributed by atoms with E-state index in [2.05, 4.69) is 11.1 Å². The zero-order chi connectivity index (χ0) is 17.4. The standard InChI is InChI=1S/C19H25NO4/c1-22-16-12-11-14(17(13-16)19(21)24-3)7-6-9-15-8-4-5-10-18(20-15)23-2/h6-7,11-13,15H,4-5,8-10H2,1-3H3. The summed E-state index contributed by atoms with van der Waals surface area (Å²) < 4.78 is 15.3. The summed E-state index contributed by atoms with van der Waals surface area (Å²) in [6, 6.07) is 5.62. The minimum atomic E-state index is -0.372. The van der Waals surface area contributed by atoms with Crippen LogP contribution in [0.15, 0.2) is 29.3 Å². The molecule has 1 aliphatic heterocycles. The first-order chi connectivity index (χ1) is 11.7. The van der Waals surface area contributed by atoms with Crippen LogP contribution in [0.2, 0.25) is 0 Å². The van der Waals surface area contributed by atoms with Crippen molar-refractivity contribution in [2.45, 2.75) is 38.1 Å². The molecule has 0 radical (unpaired) electrons. The lowest BCUT2D eigenvalue weighted by molar-refractivity contribution is 0.0600. The van der Waals surface area contributed by atoms with Crippen LogP contribution in [-0.4, -0.2) is 39.2 Å². The SMILES string of the molecule is COC(=O)c1cc(OC)ccc1C=CCC1CCCCC(OC)=N1. The first-order valence-corrected chi connectivity index (χ1v) is 8.21. The molecule has 0 N–H and O–H groups in total. The first kappa shape index (κ1) is 18.0. The maximum absolute atomic E-state index is 11.9. The number of aliphatic imine (C=N–C) groups is 1. The molecule has 1 unspecified atom stereocenters. The third-order valence-electron chi connectivity index (χ3n) is 4.11. The second kappa shape index (κ2) is 9.11. The minimum absolute atomic E-state index is 0.235. The van der Waals surface area contributed by atoms with Crippen LogP contribution in [0.25, 0.3) is 6.08 Å². The second-order valence-corrected chi connectivity index (χ2v) is 5.71. The Kier molecular flexibility index (Phi) is 6.85. The highest BCUT2D eigenvalue weighted by Crippen LogP contribution is 2.21. The Labute approximate surface area is 143 Å². The zero-order valence-corrected chi connectivity index (χ0v) is 14.6. The highest BCUT2D eigenvalue weighted by Gasteiger charge is 2.14. The van der Waals surface area contributed by atoms with Crippen LogP contribution >= 0.6 is 0 Å². The number of methoxy groups -OCH3 is 3. The number of hydrogen-bond donors (Lipinski definition) is 0. The van der Waals surface area contributed by atoms with E-state index in [0.717, 1.165) is 43.6 Å². The summed E-state index contributed by atoms with van der Waals surface area (Å²) in [6.07, 6.45) is 9.08. The van der Waals surface area contributed by atoms with Gasteiger partial charge >= 0.3 is 5.97 Å². The van der Waals surface area contributed by atoms with Gasteiger partial charge in [0.25, 0.3) is 0 Å². The molecule has 1 aliphatic rings. The summed E-state index contributed by atoms with van der Waals surface area (Å²) >= 11 is 0. The molecule has 130 valence electrons. The Hall–Kier alpha value is -2.30. The molecule has 24 heavy (non-hydrogen) atoms. The summed E-state index contributed by atoms with van der Waals surface area (Å²) in [5.41, 5.74) is 1.31. The van der Waals surface area contributed by atoms with Gasteiger partial charge in [0.1, 0.15) is 5.75 Å². The fourth-order valence-electron chi connectivity index (χ4n) is 2.76. The second-order valence-electron chi connectivity index (χ2n) is 5.71. The van der Waals surface area contributed by atoms with Crippen molar-refractivity contribution in [2.24, 2.45) is 4.99 Å². The predicted octanol–water partition coefficient (Wildman–Crippen LogP) is 3.87. The average molecular weight is 331 g/mol. The summed E-state index contributed by atoms with van der Waals surface area (Å²) in [5.74, 6) is 1.10. The summed E-state index contributed by atoms with van der Waals surface area (Å²) in [5, 5.41) is 0. The number of hydrogen-bond acceptors (Lipinski definition) is 5. The molecule has 2 rings (SSSR count). The Morgan fingerprint density at radius 2 is 2.08 bits per heavy atom. The largest absolute Gasteiger partial charge is 0.497 e. The van der Waals surface area contributed by atoms with Crippen molar-refractivity contribution < 1.29 is 19.0 Å². The van der Waals surface area contributed by atoms with Gasteiger partial charge in [-0.1, -0.05) is 24.6 Å². The van der Waals surface area contributed by atoms with Gasteiger partial charge in [-0.15, -0.1) is 0 Å². The Balaban J connectivity index is 2.12. The topological polar surface area (TPSA) is 57.1 Å². The van der Waals surface area contributed by atoms with E-state index in [0.29, 0.717) is 11.3 Å². The maximum atomic E-state index is 11.9. The van der Waals surface area contributed by atoms with Crippen molar-refractivity contribution in [3.63, 3.8) is 0 Å². The molecule has 1 heterocycles. The number of benzene rings is 1. The fourth-order valence-corrected chi connectivity index (χ4v) is 2.76. The van der Waals surface area contributed by atoms with Crippen molar-refractivity contribution in [1.82, 2.24) is 0 Å². The molecule has 1 atom stereocenters. The quantitative estimate of drug-likeness (QED) is 0.769. The van der Waals surface area contributed by atoms with Crippen LogP contribution in [0.5, 0.6) is 5.75 Å². The Bertz CT molecular complexity index is 622. The highest BCUT2D eigenvalue weighted by atomic mass is 16.5. The van der Waals surface area contributed by atoms with Crippen LogP contribution in [0, 0.1) is 0 Å². The van der Waals surface area contributed by atoms with Crippen molar-refractivity contribution >= 4 is 17.9 Å². The van der Waals surface area contributed by atoms with Crippen molar-refractivity contribution in [2.75, 3.05) is 21.3 Å². The third-order valence-corrected chi connectivity index (χ3v) is 4.11. The average Bonchev–Trinajstić information content (AvgIpc) is 2.86. The van der Waals surface area contributed by atoms with E-state index >= 15 is 0 Å². The lowest BCUT2D eigenvalue weighted by atomic mass is 10.0. The van der Waals surface area contributed by atoms with Gasteiger partial charge in [0.2, 0.25) is 0 Å². The van der Waals surface area contributed by atoms with Crippen molar-refractivity contribution in [1.29, 1.82) is 0 Å². The third kappa shape index (κ3) is 4.85. The molecule has 0 amide bonds. The van der Waals surface area contributed by atoms with E-state index in [1.807, 2.05) is 18.2 Å². The van der Waals surface area contributed by atoms with E-state index in [1.54, 1.807) is 20.3 Å². The molecule has 0 fully saturated rings. The smallest absolute Gasteiger partial charge is 0.338 e. The monoisotopic (exact) mass is 331 g/mol. The zero-order valence-electron chi connectivity index (χ0n) is 14.6. The van der Waals surface area contributed by atoms with E-state index in [9.17, 15) is 4.79 Å². The number of ether oxygens (including phenoxy) is 3. The lowest BCUT2D eigenvalue weighted by Crippen LogP contribution is -2.07. The van der Waals surface area contributed by atoms with E-state index in [1.165, 1.54) is 7.11 Å². The van der Waals surface area contributed by atoms with Gasteiger partial charge in [-0.2, -0.15) is 0 Å². The molecule has 0 aliphatic carbocycles. The summed E-state index contributed by atoms with van der Waals surface area (Å²) in [4.78, 5) is 16.6. The number of nitrogens with zero attached hydrogens (tertiary/aromatic N) is 1. The van der Waals surface area contributed by atoms with Crippen LogP contribution in [0.1, 0.15) is 48.0 Å². The van der Waals surface area contributed by atoms with Gasteiger partial charge in [0, 0.05) is 6.42 Å². The lowest BCUT2D eigenvalue weighted by Gasteiger charge is -2.09. The van der Waals surface area contributed by atoms with Crippen molar-refractivity contribution in [3.8, 4) is 5.75 Å². The normalized spacial score (nSPS) is 18.0. The molecule has 0 spiro atoms. The molecule has 5 nitrogen and oxygen atoms in total. The van der Waals surface area contributed by atoms with Gasteiger partial charge in [0.15, 0.2) is 5.90 Å². The molecule has 5 heteroatoms. The van der Waals surface area contributed by atoms with Gasteiger partial charge in [-0.05, 0) is 37.0 Å². The molecule has 0 bridgehead atoms. The van der Waals surface area contributed by atoms with Crippen LogP contribution < -0.4 is 4.74 Å². The van der Waals surface area contributed by atoms with Gasteiger partial charge in [0.05, 0.1) is 32.9 Å². The number of esters is 1.